The van der Waals surface area contributed by atoms with Gasteiger partial charge >= 0.3 is 0 Å². The van der Waals surface area contributed by atoms with Crippen LogP contribution in [0.2, 0.25) is 0 Å². The number of nitrogen functional groups attached to an aromatic ring is 1. The Kier molecular flexibility index (Phi) is 4.98. The lowest BCUT2D eigenvalue weighted by Crippen LogP contribution is -2.28. The summed E-state index contributed by atoms with van der Waals surface area (Å²) in [6, 6.07) is 1.75. The van der Waals surface area contributed by atoms with Gasteiger partial charge in [-0.2, -0.15) is 0 Å². The minimum absolute atomic E-state index is 0.116. The summed E-state index contributed by atoms with van der Waals surface area (Å²) < 4.78 is 0. The number of aliphatic hydroxyl groups is 1. The number of nitrogens with two attached hydrogens (primary N) is 1. The zero-order valence-electron chi connectivity index (χ0n) is 9.98. The summed E-state index contributed by atoms with van der Waals surface area (Å²) in [7, 11) is 0. The van der Waals surface area contributed by atoms with Crippen LogP contribution < -0.4 is 10.6 Å². The van der Waals surface area contributed by atoms with Crippen molar-refractivity contribution in [2.45, 2.75) is 26.7 Å². The van der Waals surface area contributed by atoms with Crippen LogP contribution in [0.5, 0.6) is 0 Å². The van der Waals surface area contributed by atoms with E-state index in [-0.39, 0.29) is 6.61 Å². The Labute approximate surface area is 96.3 Å². The van der Waals surface area contributed by atoms with Crippen molar-refractivity contribution in [1.82, 2.24) is 9.97 Å². The lowest BCUT2D eigenvalue weighted by atomic mass is 10.3. The first-order valence-corrected chi connectivity index (χ1v) is 5.70. The smallest absolute Gasteiger partial charge is 0.134 e. The number of aromatic nitrogens is 2. The standard InChI is InChI=1S/C11H20N4O/c1-3-5-15(6-7-16)11-8-9(12)13-10(4-2)14-11/h8,16H,3-7H2,1-2H3,(H2,12,13,14). The Bertz CT molecular complexity index is 324. The van der Waals surface area contributed by atoms with Crippen molar-refractivity contribution in [3.8, 4) is 0 Å². The molecule has 0 aliphatic heterocycles. The van der Waals surface area contributed by atoms with Crippen molar-refractivity contribution >= 4 is 11.6 Å². The van der Waals surface area contributed by atoms with Gasteiger partial charge in [-0.25, -0.2) is 9.97 Å². The monoisotopic (exact) mass is 224 g/mol. The highest BCUT2D eigenvalue weighted by Gasteiger charge is 2.08. The molecular formula is C11H20N4O. The molecule has 1 aromatic heterocycles. The zero-order chi connectivity index (χ0) is 12.0. The fraction of sp³-hybridized carbons (Fsp3) is 0.636. The molecule has 0 amide bonds. The Balaban J connectivity index is 2.93. The third-order valence-corrected chi connectivity index (χ3v) is 2.28. The van der Waals surface area contributed by atoms with Crippen LogP contribution in [0.1, 0.15) is 26.1 Å². The zero-order valence-corrected chi connectivity index (χ0v) is 9.98. The molecule has 5 heteroatoms. The fourth-order valence-electron chi connectivity index (χ4n) is 1.55. The molecular weight excluding hydrogens is 204 g/mol. The third kappa shape index (κ3) is 3.34. The Morgan fingerprint density at radius 2 is 2.06 bits per heavy atom. The average Bonchev–Trinajstić information content (AvgIpc) is 2.28. The number of aryl methyl sites for hydroxylation is 1. The fourth-order valence-corrected chi connectivity index (χ4v) is 1.55. The van der Waals surface area contributed by atoms with Crippen LogP contribution in [-0.4, -0.2) is 34.8 Å². The number of anilines is 2. The summed E-state index contributed by atoms with van der Waals surface area (Å²) in [4.78, 5) is 10.6. The molecule has 0 fully saturated rings. The van der Waals surface area contributed by atoms with E-state index in [0.29, 0.717) is 12.4 Å². The molecule has 3 N–H and O–H groups in total. The van der Waals surface area contributed by atoms with E-state index in [9.17, 15) is 0 Å². The first kappa shape index (κ1) is 12.7. The van der Waals surface area contributed by atoms with Crippen LogP contribution in [0.25, 0.3) is 0 Å². The largest absolute Gasteiger partial charge is 0.395 e. The lowest BCUT2D eigenvalue weighted by molar-refractivity contribution is 0.301. The van der Waals surface area contributed by atoms with Gasteiger partial charge < -0.3 is 15.7 Å². The summed E-state index contributed by atoms with van der Waals surface area (Å²) in [5.41, 5.74) is 5.72. The van der Waals surface area contributed by atoms with E-state index in [1.165, 1.54) is 0 Å². The van der Waals surface area contributed by atoms with Gasteiger partial charge in [0, 0.05) is 25.6 Å². The maximum Gasteiger partial charge on any atom is 0.134 e. The van der Waals surface area contributed by atoms with E-state index >= 15 is 0 Å². The molecule has 0 aromatic carbocycles. The van der Waals surface area contributed by atoms with Crippen molar-refractivity contribution in [3.05, 3.63) is 11.9 Å². The molecule has 0 saturated carbocycles. The van der Waals surface area contributed by atoms with Gasteiger partial charge in [0.2, 0.25) is 0 Å². The van der Waals surface area contributed by atoms with E-state index in [0.717, 1.165) is 31.0 Å². The van der Waals surface area contributed by atoms with E-state index < -0.39 is 0 Å². The maximum absolute atomic E-state index is 9.00. The summed E-state index contributed by atoms with van der Waals surface area (Å²) in [5, 5.41) is 9.00. The van der Waals surface area contributed by atoms with E-state index in [1.54, 1.807) is 6.07 Å². The first-order chi connectivity index (χ1) is 7.71. The second-order valence-corrected chi connectivity index (χ2v) is 3.63. The van der Waals surface area contributed by atoms with E-state index in [1.807, 2.05) is 11.8 Å². The van der Waals surface area contributed by atoms with Gasteiger partial charge in [0.15, 0.2) is 0 Å². The molecule has 1 aromatic rings. The predicted molar refractivity (Wildman–Crippen MR) is 65.4 cm³/mol. The van der Waals surface area contributed by atoms with Crippen molar-refractivity contribution < 1.29 is 5.11 Å². The summed E-state index contributed by atoms with van der Waals surface area (Å²) in [6.07, 6.45) is 1.77. The quantitative estimate of drug-likeness (QED) is 0.748. The van der Waals surface area contributed by atoms with E-state index in [2.05, 4.69) is 16.9 Å². The number of hydrogen-bond donors (Lipinski definition) is 2. The van der Waals surface area contributed by atoms with Crippen LogP contribution in [0.3, 0.4) is 0 Å². The highest BCUT2D eigenvalue weighted by Crippen LogP contribution is 2.14. The summed E-state index contributed by atoms with van der Waals surface area (Å²) in [5.74, 6) is 2.04. The second kappa shape index (κ2) is 6.27. The number of hydrogen-bond acceptors (Lipinski definition) is 5. The molecule has 1 rings (SSSR count). The Morgan fingerprint density at radius 1 is 1.31 bits per heavy atom. The van der Waals surface area contributed by atoms with Gasteiger partial charge in [-0.05, 0) is 6.42 Å². The second-order valence-electron chi connectivity index (χ2n) is 3.63. The molecule has 0 aliphatic rings. The van der Waals surface area contributed by atoms with Gasteiger partial charge in [0.1, 0.15) is 17.5 Å². The van der Waals surface area contributed by atoms with Crippen molar-refractivity contribution in [1.29, 1.82) is 0 Å². The highest BCUT2D eigenvalue weighted by molar-refractivity contribution is 5.47. The van der Waals surface area contributed by atoms with Gasteiger partial charge in [0.05, 0.1) is 6.61 Å². The molecule has 0 unspecified atom stereocenters. The average molecular weight is 224 g/mol. The number of aliphatic hydroxyl groups excluding tert-OH is 1. The van der Waals surface area contributed by atoms with Gasteiger partial charge in [-0.1, -0.05) is 13.8 Å². The first-order valence-electron chi connectivity index (χ1n) is 5.70. The van der Waals surface area contributed by atoms with Crippen LogP contribution >= 0.6 is 0 Å². The molecule has 0 radical (unpaired) electrons. The molecule has 90 valence electrons. The predicted octanol–water partition coefficient (Wildman–Crippen LogP) is 0.830. The minimum atomic E-state index is 0.116. The lowest BCUT2D eigenvalue weighted by Gasteiger charge is -2.22. The summed E-state index contributed by atoms with van der Waals surface area (Å²) >= 11 is 0. The highest BCUT2D eigenvalue weighted by atomic mass is 16.3. The number of nitrogens with zero attached hydrogens (tertiary/aromatic N) is 3. The van der Waals surface area contributed by atoms with Crippen molar-refractivity contribution in [3.63, 3.8) is 0 Å². The molecule has 0 bridgehead atoms. The molecule has 1 heterocycles. The topological polar surface area (TPSA) is 75.3 Å². The van der Waals surface area contributed by atoms with Crippen LogP contribution in [0.15, 0.2) is 6.07 Å². The molecule has 16 heavy (non-hydrogen) atoms. The summed E-state index contributed by atoms with van der Waals surface area (Å²) in [6.45, 7) is 5.64. The molecule has 5 nitrogen and oxygen atoms in total. The Hall–Kier alpha value is -1.36. The van der Waals surface area contributed by atoms with Gasteiger partial charge in [-0.15, -0.1) is 0 Å². The molecule has 0 saturated heterocycles. The Morgan fingerprint density at radius 3 is 2.62 bits per heavy atom. The van der Waals surface area contributed by atoms with Gasteiger partial charge in [-0.3, -0.25) is 0 Å². The third-order valence-electron chi connectivity index (χ3n) is 2.28. The number of rotatable bonds is 6. The van der Waals surface area contributed by atoms with Gasteiger partial charge in [0.25, 0.3) is 0 Å². The van der Waals surface area contributed by atoms with Crippen LogP contribution in [-0.2, 0) is 6.42 Å². The molecule has 0 atom stereocenters. The minimum Gasteiger partial charge on any atom is -0.395 e. The molecule has 0 aliphatic carbocycles. The van der Waals surface area contributed by atoms with Crippen molar-refractivity contribution in [2.75, 3.05) is 30.3 Å². The SMILES string of the molecule is CCCN(CCO)c1cc(N)nc(CC)n1. The van der Waals surface area contributed by atoms with Crippen molar-refractivity contribution in [2.24, 2.45) is 0 Å². The van der Waals surface area contributed by atoms with Crippen LogP contribution in [0.4, 0.5) is 11.6 Å². The normalized spacial score (nSPS) is 10.4. The molecule has 0 spiro atoms. The van der Waals surface area contributed by atoms with E-state index in [4.69, 9.17) is 10.8 Å². The van der Waals surface area contributed by atoms with Crippen LogP contribution in [0, 0.1) is 0 Å². The maximum atomic E-state index is 9.00.